The average molecular weight is 369 g/mol. The van der Waals surface area contributed by atoms with Crippen LogP contribution in [-0.4, -0.2) is 43.3 Å². The van der Waals surface area contributed by atoms with Gasteiger partial charge in [0.25, 0.3) is 0 Å². The molecule has 0 aliphatic carbocycles. The minimum Gasteiger partial charge on any atom is -0.354 e. The monoisotopic (exact) mass is 369 g/mol. The number of aryl methyl sites for hydroxylation is 1. The Balaban J connectivity index is 1.42. The van der Waals surface area contributed by atoms with Gasteiger partial charge >= 0.3 is 0 Å². The Morgan fingerprint density at radius 1 is 1.31 bits per heavy atom. The smallest absolute Gasteiger partial charge is 0.229 e. The van der Waals surface area contributed by atoms with Crippen molar-refractivity contribution in [3.8, 4) is 5.82 Å². The Morgan fingerprint density at radius 2 is 2.15 bits per heavy atom. The zero-order chi connectivity index (χ0) is 17.9. The van der Waals surface area contributed by atoms with Gasteiger partial charge in [-0.25, -0.2) is 4.68 Å². The molecule has 0 radical (unpaired) electrons. The van der Waals surface area contributed by atoms with Gasteiger partial charge in [-0.2, -0.15) is 9.47 Å². The van der Waals surface area contributed by atoms with Crippen LogP contribution >= 0.6 is 11.5 Å². The molecule has 26 heavy (non-hydrogen) atoms. The van der Waals surface area contributed by atoms with Crippen LogP contribution in [-0.2, 0) is 4.79 Å². The first-order valence-corrected chi connectivity index (χ1v) is 9.29. The summed E-state index contributed by atoms with van der Waals surface area (Å²) in [5.74, 6) is 1.43. The van der Waals surface area contributed by atoms with Crippen molar-refractivity contribution in [3.05, 3.63) is 42.4 Å². The molecular formula is C17H19N7OS. The Hall–Kier alpha value is -2.81. The zero-order valence-electron chi connectivity index (χ0n) is 14.4. The van der Waals surface area contributed by atoms with Gasteiger partial charge in [0, 0.05) is 25.5 Å². The molecule has 1 N–H and O–H groups in total. The second-order valence-corrected chi connectivity index (χ2v) is 7.11. The lowest BCUT2D eigenvalue weighted by Crippen LogP contribution is -2.41. The fraction of sp³-hybridized carbons (Fsp3) is 0.353. The fourth-order valence-electron chi connectivity index (χ4n) is 3.06. The topological polar surface area (TPSA) is 88.8 Å². The minimum absolute atomic E-state index is 0.0412. The second kappa shape index (κ2) is 7.20. The van der Waals surface area contributed by atoms with Crippen LogP contribution in [0, 0.1) is 12.8 Å². The summed E-state index contributed by atoms with van der Waals surface area (Å²) >= 11 is 1.31. The van der Waals surface area contributed by atoms with Crippen LogP contribution < -0.4 is 10.2 Å². The highest BCUT2D eigenvalue weighted by atomic mass is 32.1. The molecule has 4 rings (SSSR count). The molecule has 0 aromatic carbocycles. The van der Waals surface area contributed by atoms with Crippen molar-refractivity contribution in [1.82, 2.24) is 24.4 Å². The standard InChI is InChI=1S/C17H19N7OS/c1-12-10-16(26-22-12)19-17(25)13-4-2-8-23(11-13)14-5-6-15(21-20-14)24-9-3-7-18-24/h3,5-7,9-10,13H,2,4,8,11H2,1H3,(H,19,25). The molecule has 134 valence electrons. The van der Waals surface area contributed by atoms with Gasteiger partial charge in [0.05, 0.1) is 11.6 Å². The lowest BCUT2D eigenvalue weighted by Gasteiger charge is -2.32. The number of nitrogens with one attached hydrogen (secondary N) is 1. The number of carbonyl (C=O) groups excluding carboxylic acids is 1. The van der Waals surface area contributed by atoms with Gasteiger partial charge in [-0.3, -0.25) is 4.79 Å². The number of rotatable bonds is 4. The van der Waals surface area contributed by atoms with Crippen LogP contribution in [0.25, 0.3) is 5.82 Å². The van der Waals surface area contributed by atoms with E-state index in [0.29, 0.717) is 12.4 Å². The average Bonchev–Trinajstić information content (AvgIpc) is 3.34. The second-order valence-electron chi connectivity index (χ2n) is 6.31. The SMILES string of the molecule is Cc1cc(NC(=O)C2CCCN(c3ccc(-n4cccn4)nn3)C2)sn1. The molecule has 0 spiro atoms. The molecule has 1 saturated heterocycles. The summed E-state index contributed by atoms with van der Waals surface area (Å²) in [6.07, 6.45) is 5.35. The summed E-state index contributed by atoms with van der Waals surface area (Å²) in [7, 11) is 0. The van der Waals surface area contributed by atoms with E-state index in [1.807, 2.05) is 37.4 Å². The fourth-order valence-corrected chi connectivity index (χ4v) is 3.72. The third kappa shape index (κ3) is 3.57. The predicted octanol–water partition coefficient (Wildman–Crippen LogP) is 2.28. The number of piperidine rings is 1. The number of nitrogens with zero attached hydrogens (tertiary/aromatic N) is 6. The summed E-state index contributed by atoms with van der Waals surface area (Å²) < 4.78 is 5.86. The van der Waals surface area contributed by atoms with E-state index in [1.165, 1.54) is 11.5 Å². The van der Waals surface area contributed by atoms with Gasteiger partial charge < -0.3 is 10.2 Å². The minimum atomic E-state index is -0.0706. The van der Waals surface area contributed by atoms with E-state index in [9.17, 15) is 4.79 Å². The Morgan fingerprint density at radius 3 is 2.85 bits per heavy atom. The number of carbonyl (C=O) groups is 1. The summed E-state index contributed by atoms with van der Waals surface area (Å²) in [6.45, 7) is 3.43. The third-order valence-electron chi connectivity index (χ3n) is 4.37. The lowest BCUT2D eigenvalue weighted by molar-refractivity contribution is -0.120. The van der Waals surface area contributed by atoms with Gasteiger partial charge in [0.15, 0.2) is 11.6 Å². The molecule has 0 bridgehead atoms. The molecule has 1 aliphatic rings. The van der Waals surface area contributed by atoms with E-state index < -0.39 is 0 Å². The molecule has 0 saturated carbocycles. The van der Waals surface area contributed by atoms with Crippen molar-refractivity contribution in [2.24, 2.45) is 5.92 Å². The third-order valence-corrected chi connectivity index (χ3v) is 5.16. The molecule has 1 fully saturated rings. The molecular weight excluding hydrogens is 350 g/mol. The predicted molar refractivity (Wildman–Crippen MR) is 99.6 cm³/mol. The van der Waals surface area contributed by atoms with Crippen molar-refractivity contribution in [3.63, 3.8) is 0 Å². The summed E-state index contributed by atoms with van der Waals surface area (Å²) in [6, 6.07) is 7.55. The van der Waals surface area contributed by atoms with E-state index in [2.05, 4.69) is 29.9 Å². The maximum absolute atomic E-state index is 12.6. The molecule has 1 amide bonds. The van der Waals surface area contributed by atoms with Gasteiger partial charge in [-0.05, 0) is 55.6 Å². The summed E-state index contributed by atoms with van der Waals surface area (Å²) in [4.78, 5) is 14.7. The van der Waals surface area contributed by atoms with Crippen molar-refractivity contribution >= 4 is 28.3 Å². The Kier molecular flexibility index (Phi) is 4.61. The molecule has 9 heteroatoms. The van der Waals surface area contributed by atoms with Crippen LogP contribution in [0.5, 0.6) is 0 Å². The van der Waals surface area contributed by atoms with E-state index >= 15 is 0 Å². The van der Waals surface area contributed by atoms with Crippen LogP contribution in [0.1, 0.15) is 18.5 Å². The molecule has 1 atom stereocenters. The molecule has 3 aromatic rings. The molecule has 3 aromatic heterocycles. The van der Waals surface area contributed by atoms with Gasteiger partial charge in [-0.1, -0.05) is 0 Å². The first-order chi connectivity index (χ1) is 12.7. The first-order valence-electron chi connectivity index (χ1n) is 8.52. The molecule has 4 heterocycles. The highest BCUT2D eigenvalue weighted by Gasteiger charge is 2.27. The van der Waals surface area contributed by atoms with Gasteiger partial charge in [0.2, 0.25) is 5.91 Å². The number of hydrogen-bond acceptors (Lipinski definition) is 7. The Bertz CT molecular complexity index is 875. The zero-order valence-corrected chi connectivity index (χ0v) is 15.2. The maximum atomic E-state index is 12.6. The van der Waals surface area contributed by atoms with E-state index in [-0.39, 0.29) is 11.8 Å². The lowest BCUT2D eigenvalue weighted by atomic mass is 9.97. The number of amides is 1. The highest BCUT2D eigenvalue weighted by molar-refractivity contribution is 7.10. The van der Waals surface area contributed by atoms with E-state index in [0.717, 1.165) is 35.9 Å². The largest absolute Gasteiger partial charge is 0.354 e. The van der Waals surface area contributed by atoms with Crippen LogP contribution in [0.15, 0.2) is 36.7 Å². The van der Waals surface area contributed by atoms with Gasteiger partial charge in [0.1, 0.15) is 5.00 Å². The van der Waals surface area contributed by atoms with Gasteiger partial charge in [-0.15, -0.1) is 10.2 Å². The quantitative estimate of drug-likeness (QED) is 0.759. The van der Waals surface area contributed by atoms with Crippen molar-refractivity contribution < 1.29 is 4.79 Å². The maximum Gasteiger partial charge on any atom is 0.229 e. The number of anilines is 2. The number of aromatic nitrogens is 5. The molecule has 1 aliphatic heterocycles. The van der Waals surface area contributed by atoms with Crippen molar-refractivity contribution in [2.75, 3.05) is 23.3 Å². The highest BCUT2D eigenvalue weighted by Crippen LogP contribution is 2.24. The van der Waals surface area contributed by atoms with Crippen molar-refractivity contribution in [2.45, 2.75) is 19.8 Å². The van der Waals surface area contributed by atoms with E-state index in [1.54, 1.807) is 10.9 Å². The Labute approximate surface area is 155 Å². The molecule has 1 unspecified atom stereocenters. The van der Waals surface area contributed by atoms with E-state index in [4.69, 9.17) is 0 Å². The van der Waals surface area contributed by atoms with Crippen molar-refractivity contribution in [1.29, 1.82) is 0 Å². The number of hydrogen-bond donors (Lipinski definition) is 1. The normalized spacial score (nSPS) is 17.3. The van der Waals surface area contributed by atoms with Crippen LogP contribution in [0.4, 0.5) is 10.8 Å². The summed E-state index contributed by atoms with van der Waals surface area (Å²) in [5.41, 5.74) is 0.920. The summed E-state index contributed by atoms with van der Waals surface area (Å²) in [5, 5.41) is 16.5. The molecule has 8 nitrogen and oxygen atoms in total. The first kappa shape index (κ1) is 16.6. The van der Waals surface area contributed by atoms with Crippen LogP contribution in [0.2, 0.25) is 0 Å². The van der Waals surface area contributed by atoms with Crippen LogP contribution in [0.3, 0.4) is 0 Å².